The van der Waals surface area contributed by atoms with Crippen molar-refractivity contribution in [1.29, 1.82) is 0 Å². The maximum absolute atomic E-state index is 13.4. The zero-order chi connectivity index (χ0) is 19.4. The molecule has 0 atom stereocenters. The molecule has 0 N–H and O–H groups in total. The first kappa shape index (κ1) is 19.0. The number of aryl methyl sites for hydroxylation is 1. The van der Waals surface area contributed by atoms with Crippen LogP contribution in [0, 0.1) is 5.82 Å². The molecule has 1 amide bonds. The highest BCUT2D eigenvalue weighted by Gasteiger charge is 2.20. The lowest BCUT2D eigenvalue weighted by Crippen LogP contribution is -2.32. The Balaban J connectivity index is 1.95. The van der Waals surface area contributed by atoms with Crippen LogP contribution in [0.25, 0.3) is 11.2 Å². The maximum atomic E-state index is 13.4. The van der Waals surface area contributed by atoms with Gasteiger partial charge in [-0.2, -0.15) is 0 Å². The van der Waals surface area contributed by atoms with Gasteiger partial charge in [-0.15, -0.1) is 6.58 Å². The molecular weight excluding hydrogens is 367 g/mol. The summed E-state index contributed by atoms with van der Waals surface area (Å²) in [5, 5.41) is -0.0816. The molecule has 0 fully saturated rings. The van der Waals surface area contributed by atoms with Crippen molar-refractivity contribution in [3.8, 4) is 0 Å². The van der Waals surface area contributed by atoms with Gasteiger partial charge in [0.1, 0.15) is 17.2 Å². The molecule has 1 aromatic carbocycles. The summed E-state index contributed by atoms with van der Waals surface area (Å²) >= 11 is 5.83. The maximum Gasteiger partial charge on any atom is 0.254 e. The number of fused-ring (bicyclic) bond motifs is 1. The number of carbonyl (C=O) groups excluding carboxylic acids is 1. The molecule has 2 heterocycles. The van der Waals surface area contributed by atoms with Gasteiger partial charge in [0.15, 0.2) is 5.65 Å². The highest BCUT2D eigenvalue weighted by Crippen LogP contribution is 2.20. The van der Waals surface area contributed by atoms with Crippen molar-refractivity contribution in [2.24, 2.45) is 0 Å². The van der Waals surface area contributed by atoms with Crippen LogP contribution in [0.2, 0.25) is 5.02 Å². The molecule has 140 valence electrons. The Bertz CT molecular complexity index is 985. The number of halogens is 2. The smallest absolute Gasteiger partial charge is 0.254 e. The Hall–Kier alpha value is -2.73. The van der Waals surface area contributed by atoms with Gasteiger partial charge in [-0.25, -0.2) is 14.4 Å². The molecular formula is C20H20ClFN4O. The third kappa shape index (κ3) is 4.01. The number of imidazole rings is 1. The number of carbonyl (C=O) groups is 1. The summed E-state index contributed by atoms with van der Waals surface area (Å²) in [4.78, 5) is 23.6. The molecule has 0 saturated heterocycles. The summed E-state index contributed by atoms with van der Waals surface area (Å²) in [5.74, 6) is -0.0758. The fraction of sp³-hybridized carbons (Fsp3) is 0.250. The quantitative estimate of drug-likeness (QED) is 0.563. The van der Waals surface area contributed by atoms with Gasteiger partial charge < -0.3 is 9.47 Å². The minimum absolute atomic E-state index is 0.0816. The van der Waals surface area contributed by atoms with E-state index in [0.29, 0.717) is 12.1 Å². The van der Waals surface area contributed by atoms with E-state index < -0.39 is 5.82 Å². The Kier molecular flexibility index (Phi) is 5.86. The number of pyridine rings is 1. The number of amides is 1. The molecule has 0 aliphatic rings. The largest absolute Gasteiger partial charge is 0.327 e. The topological polar surface area (TPSA) is 51.0 Å². The van der Waals surface area contributed by atoms with Gasteiger partial charge in [0.2, 0.25) is 0 Å². The molecule has 0 aliphatic heterocycles. The average molecular weight is 387 g/mol. The first-order chi connectivity index (χ1) is 13.0. The molecule has 5 nitrogen and oxygen atoms in total. The van der Waals surface area contributed by atoms with Crippen LogP contribution in [0.15, 0.2) is 49.2 Å². The van der Waals surface area contributed by atoms with Crippen molar-refractivity contribution in [3.63, 3.8) is 0 Å². The fourth-order valence-electron chi connectivity index (χ4n) is 2.94. The van der Waals surface area contributed by atoms with Crippen molar-refractivity contribution < 1.29 is 9.18 Å². The summed E-state index contributed by atoms with van der Waals surface area (Å²) in [5.41, 5.74) is 1.90. The molecule has 0 saturated carbocycles. The summed E-state index contributed by atoms with van der Waals surface area (Å²) in [7, 11) is 0. The Morgan fingerprint density at radius 3 is 2.93 bits per heavy atom. The number of hydrogen-bond donors (Lipinski definition) is 0. The van der Waals surface area contributed by atoms with Gasteiger partial charge in [0.05, 0.1) is 11.6 Å². The van der Waals surface area contributed by atoms with Gasteiger partial charge >= 0.3 is 0 Å². The van der Waals surface area contributed by atoms with Crippen LogP contribution in [-0.2, 0) is 13.1 Å². The Labute approximate surface area is 162 Å². The number of aromatic nitrogens is 3. The summed E-state index contributed by atoms with van der Waals surface area (Å²) in [6, 6.07) is 7.69. The van der Waals surface area contributed by atoms with Crippen LogP contribution in [0.1, 0.15) is 29.5 Å². The third-order valence-electron chi connectivity index (χ3n) is 4.17. The van der Waals surface area contributed by atoms with Crippen molar-refractivity contribution in [2.75, 3.05) is 6.54 Å². The van der Waals surface area contributed by atoms with Crippen molar-refractivity contribution in [2.45, 2.75) is 26.4 Å². The van der Waals surface area contributed by atoms with E-state index in [1.807, 2.05) is 16.7 Å². The normalized spacial score (nSPS) is 10.9. The fourth-order valence-corrected chi connectivity index (χ4v) is 3.12. The second-order valence-electron chi connectivity index (χ2n) is 6.13. The molecule has 2 aromatic heterocycles. The molecule has 7 heteroatoms. The lowest BCUT2D eigenvalue weighted by atomic mass is 10.2. The van der Waals surface area contributed by atoms with Crippen LogP contribution in [0.4, 0.5) is 4.39 Å². The van der Waals surface area contributed by atoms with E-state index in [-0.39, 0.29) is 17.5 Å². The third-order valence-corrected chi connectivity index (χ3v) is 4.46. The molecule has 0 radical (unpaired) electrons. The predicted octanol–water partition coefficient (Wildman–Crippen LogP) is 4.46. The van der Waals surface area contributed by atoms with E-state index in [1.54, 1.807) is 17.2 Å². The van der Waals surface area contributed by atoms with Gasteiger partial charge in [-0.05, 0) is 36.8 Å². The van der Waals surface area contributed by atoms with Crippen LogP contribution in [0.3, 0.4) is 0 Å². The Morgan fingerprint density at radius 2 is 2.22 bits per heavy atom. The predicted molar refractivity (Wildman–Crippen MR) is 104 cm³/mol. The number of benzene rings is 1. The molecule has 0 unspecified atom stereocenters. The Morgan fingerprint density at radius 1 is 1.41 bits per heavy atom. The number of hydrogen-bond acceptors (Lipinski definition) is 3. The highest BCUT2D eigenvalue weighted by molar-refractivity contribution is 6.31. The zero-order valence-corrected chi connectivity index (χ0v) is 15.8. The molecule has 0 spiro atoms. The lowest BCUT2D eigenvalue weighted by molar-refractivity contribution is 0.0757. The minimum Gasteiger partial charge on any atom is -0.327 e. The first-order valence-corrected chi connectivity index (χ1v) is 9.08. The second kappa shape index (κ2) is 8.31. The van der Waals surface area contributed by atoms with Crippen LogP contribution < -0.4 is 0 Å². The van der Waals surface area contributed by atoms with Gasteiger partial charge in [0.25, 0.3) is 5.91 Å². The van der Waals surface area contributed by atoms with E-state index in [4.69, 9.17) is 11.6 Å². The van der Waals surface area contributed by atoms with E-state index >= 15 is 0 Å². The average Bonchev–Trinajstić information content (AvgIpc) is 3.01. The van der Waals surface area contributed by atoms with E-state index in [2.05, 4.69) is 23.5 Å². The second-order valence-corrected chi connectivity index (χ2v) is 6.54. The van der Waals surface area contributed by atoms with Crippen LogP contribution in [0.5, 0.6) is 0 Å². The van der Waals surface area contributed by atoms with E-state index in [9.17, 15) is 9.18 Å². The van der Waals surface area contributed by atoms with Gasteiger partial charge in [0, 0.05) is 24.8 Å². The van der Waals surface area contributed by atoms with Crippen molar-refractivity contribution in [3.05, 3.63) is 71.4 Å². The molecule has 3 rings (SSSR count). The first-order valence-electron chi connectivity index (χ1n) is 8.70. The zero-order valence-electron chi connectivity index (χ0n) is 15.0. The lowest BCUT2D eigenvalue weighted by Gasteiger charge is -2.21. The SMILES string of the molecule is C=CCN(Cc1nc2cccnc2n1CCC)C(=O)c1ccc(F)c(Cl)c1. The molecule has 0 aliphatic carbocycles. The summed E-state index contributed by atoms with van der Waals surface area (Å²) in [6.07, 6.45) is 4.29. The summed E-state index contributed by atoms with van der Waals surface area (Å²) < 4.78 is 15.4. The monoisotopic (exact) mass is 386 g/mol. The molecule has 0 bridgehead atoms. The van der Waals surface area contributed by atoms with E-state index in [1.165, 1.54) is 18.2 Å². The number of rotatable bonds is 7. The molecule has 3 aromatic rings. The molecule has 27 heavy (non-hydrogen) atoms. The van der Waals surface area contributed by atoms with Crippen LogP contribution in [-0.4, -0.2) is 31.9 Å². The van der Waals surface area contributed by atoms with E-state index in [0.717, 1.165) is 30.0 Å². The highest BCUT2D eigenvalue weighted by atomic mass is 35.5. The van der Waals surface area contributed by atoms with Gasteiger partial charge in [-0.1, -0.05) is 24.6 Å². The van der Waals surface area contributed by atoms with Crippen molar-refractivity contribution in [1.82, 2.24) is 19.4 Å². The summed E-state index contributed by atoms with van der Waals surface area (Å²) in [6.45, 7) is 7.18. The van der Waals surface area contributed by atoms with Gasteiger partial charge in [-0.3, -0.25) is 4.79 Å². The van der Waals surface area contributed by atoms with Crippen molar-refractivity contribution >= 4 is 28.7 Å². The van der Waals surface area contributed by atoms with Crippen LogP contribution >= 0.6 is 11.6 Å². The minimum atomic E-state index is -0.556. The standard InChI is InChI=1S/C20H20ClFN4O/c1-3-10-25(20(27)14-7-8-16(22)15(21)12-14)13-18-24-17-6-5-9-23-19(17)26(18)11-4-2/h3,5-9,12H,1,4,10-11,13H2,2H3. The number of nitrogens with zero attached hydrogens (tertiary/aromatic N) is 4.